The summed E-state index contributed by atoms with van der Waals surface area (Å²) in [6.07, 6.45) is 2.34. The molecule has 0 radical (unpaired) electrons. The van der Waals surface area contributed by atoms with Crippen molar-refractivity contribution in [1.29, 1.82) is 0 Å². The lowest BCUT2D eigenvalue weighted by Gasteiger charge is -2.64. The van der Waals surface area contributed by atoms with E-state index in [4.69, 9.17) is 26.5 Å². The van der Waals surface area contributed by atoms with E-state index in [0.29, 0.717) is 36.8 Å². The number of rotatable bonds is 22. The first-order chi connectivity index (χ1) is 29.4. The van der Waals surface area contributed by atoms with E-state index in [9.17, 15) is 33.9 Å². The van der Waals surface area contributed by atoms with E-state index >= 15 is 0 Å². The third kappa shape index (κ3) is 11.6. The number of primary amides is 1. The summed E-state index contributed by atoms with van der Waals surface area (Å²) in [5, 5.41) is 23.0. The van der Waals surface area contributed by atoms with E-state index in [-0.39, 0.29) is 24.4 Å². The van der Waals surface area contributed by atoms with Crippen LogP contribution in [0.3, 0.4) is 0 Å². The maximum absolute atomic E-state index is 13.6. The molecule has 3 unspecified atom stereocenters. The average Bonchev–Trinajstić information content (AvgIpc) is 3.59. The molecule has 1 heterocycles. The molecule has 2 aromatic rings. The summed E-state index contributed by atoms with van der Waals surface area (Å²) in [6, 6.07) is 11.1. The molecule has 1 aliphatic heterocycles. The Kier molecular flexibility index (Phi) is 16.3. The molecule has 6 rings (SSSR count). The van der Waals surface area contributed by atoms with Crippen molar-refractivity contribution in [2.45, 2.75) is 135 Å². The Balaban J connectivity index is 1.15. The monoisotopic (exact) mass is 860 g/mol. The highest BCUT2D eigenvalue weighted by molar-refractivity contribution is 6.46. The molecule has 3 saturated carbocycles. The van der Waals surface area contributed by atoms with Crippen LogP contribution in [0.15, 0.2) is 48.5 Å². The zero-order valence-electron chi connectivity index (χ0n) is 36.5. The molecule has 0 spiro atoms. The maximum atomic E-state index is 13.6. The zero-order valence-corrected chi connectivity index (χ0v) is 36.5. The molecule has 17 nitrogen and oxygen atoms in total. The Bertz CT molecular complexity index is 1920. The van der Waals surface area contributed by atoms with E-state index < -0.39 is 85.0 Å². The van der Waals surface area contributed by atoms with Gasteiger partial charge in [-0.05, 0) is 111 Å². The largest absolute Gasteiger partial charge is 0.478 e. The second-order valence-electron chi connectivity index (χ2n) is 17.8. The minimum absolute atomic E-state index is 0.0550. The number of hydrogen-bond donors (Lipinski definition) is 9. The van der Waals surface area contributed by atoms with Gasteiger partial charge in [0.05, 0.1) is 30.7 Å². The van der Waals surface area contributed by atoms with Crippen molar-refractivity contribution in [2.75, 3.05) is 13.0 Å². The van der Waals surface area contributed by atoms with Crippen molar-refractivity contribution in [2.24, 2.45) is 34.5 Å². The first kappa shape index (κ1) is 48.2. The van der Waals surface area contributed by atoms with Gasteiger partial charge in [0, 0.05) is 5.56 Å². The quantitative estimate of drug-likeness (QED) is 0.0457. The minimum atomic E-state index is -1.79. The van der Waals surface area contributed by atoms with Crippen LogP contribution in [0.25, 0.3) is 11.1 Å². The number of nitrogens with one attached hydrogen (secondary N) is 5. The van der Waals surface area contributed by atoms with E-state index in [0.717, 1.165) is 43.2 Å². The molecule has 2 bridgehead atoms. The number of carbonyl (C=O) groups is 6. The minimum Gasteiger partial charge on any atom is -0.404 e. The van der Waals surface area contributed by atoms with Crippen LogP contribution >= 0.6 is 0 Å². The summed E-state index contributed by atoms with van der Waals surface area (Å²) in [4.78, 5) is 78.8. The van der Waals surface area contributed by atoms with Gasteiger partial charge in [-0.2, -0.15) is 0 Å². The number of aryl methyl sites for hydroxylation is 1. The Morgan fingerprint density at radius 2 is 1.50 bits per heavy atom. The highest BCUT2D eigenvalue weighted by atomic mass is 16.7. The van der Waals surface area contributed by atoms with E-state index in [1.54, 1.807) is 12.1 Å². The molecule has 1 saturated heterocycles. The van der Waals surface area contributed by atoms with Crippen molar-refractivity contribution in [1.82, 2.24) is 26.6 Å². The summed E-state index contributed by atoms with van der Waals surface area (Å²) >= 11 is 0. The maximum Gasteiger partial charge on any atom is 0.478 e. The highest BCUT2D eigenvalue weighted by Crippen LogP contribution is 2.65. The summed E-state index contributed by atoms with van der Waals surface area (Å²) in [5.74, 6) is -4.18. The molecule has 4 aliphatic rings. The van der Waals surface area contributed by atoms with E-state index in [1.165, 1.54) is 12.5 Å². The fraction of sp³-hybridized carbons (Fsp3) is 0.591. The van der Waals surface area contributed by atoms with Gasteiger partial charge in [-0.25, -0.2) is 0 Å². The number of aliphatic hydroxyl groups excluding tert-OH is 1. The Labute approximate surface area is 364 Å². The molecule has 3 aliphatic carbocycles. The Morgan fingerprint density at radius 1 is 0.839 bits per heavy atom. The van der Waals surface area contributed by atoms with Crippen molar-refractivity contribution < 1.29 is 43.2 Å². The smallest absolute Gasteiger partial charge is 0.404 e. The van der Waals surface area contributed by atoms with Gasteiger partial charge in [-0.15, -0.1) is 0 Å². The number of amides is 6. The fourth-order valence-corrected chi connectivity index (χ4v) is 9.05. The van der Waals surface area contributed by atoms with Crippen LogP contribution in [0.4, 0.5) is 0 Å². The van der Waals surface area contributed by atoms with Gasteiger partial charge in [0.25, 0.3) is 11.8 Å². The molecule has 18 heteroatoms. The van der Waals surface area contributed by atoms with Crippen LogP contribution in [0.2, 0.25) is 0 Å². The second-order valence-corrected chi connectivity index (χ2v) is 17.8. The van der Waals surface area contributed by atoms with Crippen LogP contribution in [0.5, 0.6) is 0 Å². The van der Waals surface area contributed by atoms with Crippen LogP contribution in [0.1, 0.15) is 102 Å². The first-order valence-electron chi connectivity index (χ1n) is 21.8. The van der Waals surface area contributed by atoms with Crippen molar-refractivity contribution in [3.63, 3.8) is 0 Å². The van der Waals surface area contributed by atoms with Gasteiger partial charge in [-0.1, -0.05) is 63.6 Å². The number of aliphatic hydroxyl groups is 1. The van der Waals surface area contributed by atoms with Gasteiger partial charge in [-0.3, -0.25) is 28.8 Å². The highest BCUT2D eigenvalue weighted by Gasteiger charge is 2.67. The fourth-order valence-electron chi connectivity index (χ4n) is 9.05. The molecule has 6 amide bonds. The molecule has 338 valence electrons. The lowest BCUT2D eigenvalue weighted by molar-refractivity contribution is -0.199. The van der Waals surface area contributed by atoms with Crippen molar-refractivity contribution >= 4 is 42.6 Å². The number of hydrogen-bond acceptors (Lipinski definition) is 11. The molecule has 12 N–H and O–H groups in total. The third-order valence-electron chi connectivity index (χ3n) is 12.9. The molecule has 2 aromatic carbocycles. The van der Waals surface area contributed by atoms with Gasteiger partial charge < -0.3 is 58.2 Å². The van der Waals surface area contributed by atoms with Crippen LogP contribution in [-0.4, -0.2) is 103 Å². The van der Waals surface area contributed by atoms with Gasteiger partial charge in [0.1, 0.15) is 18.1 Å². The van der Waals surface area contributed by atoms with Crippen molar-refractivity contribution in [3.8, 4) is 11.1 Å². The van der Waals surface area contributed by atoms with E-state index in [1.807, 2.05) is 31.2 Å². The van der Waals surface area contributed by atoms with Crippen LogP contribution in [0, 0.1) is 17.3 Å². The van der Waals surface area contributed by atoms with E-state index in [2.05, 4.69) is 59.5 Å². The summed E-state index contributed by atoms with van der Waals surface area (Å²) in [5.41, 5.74) is 20.2. The lowest BCUT2D eigenvalue weighted by Crippen LogP contribution is -2.65. The number of nitrogens with two attached hydrogens (primary N) is 3. The molecular weight excluding hydrogens is 795 g/mol. The lowest BCUT2D eigenvalue weighted by atomic mass is 9.43. The predicted molar refractivity (Wildman–Crippen MR) is 233 cm³/mol. The number of benzene rings is 2. The molecule has 0 aromatic heterocycles. The standard InChI is InChI=1S/C44H65BN8O9/c1-6-7-10-26-12-14-27(15-13-26)28-16-18-29(19-17-28)38(56)50-31(11-8-9-20-46)40(58)52-36(25(2)54)41(59)53-37(48)42(60)51-32(23-35(47)55)39(57)49-24-45-61-34-22-30-21-33(43(30,3)4)44(34,5)62-45/h12-19,25,30-34,36-37,54H,6-11,20-24,46,48H2,1-5H3,(H2,47,55)(H,49,57)(H,50,56)(H,51,60)(H,52,58)(H,53,59)/t25?,30-,31-,32?,33-,34?,36-,37+,44-/m0/s1. The van der Waals surface area contributed by atoms with Gasteiger partial charge >= 0.3 is 7.12 Å². The van der Waals surface area contributed by atoms with Gasteiger partial charge in [0.15, 0.2) is 6.17 Å². The summed E-state index contributed by atoms with van der Waals surface area (Å²) in [6.45, 7) is 10.3. The van der Waals surface area contributed by atoms with Crippen LogP contribution in [-0.2, 0) is 39.7 Å². The summed E-state index contributed by atoms with van der Waals surface area (Å²) < 4.78 is 12.5. The van der Waals surface area contributed by atoms with Gasteiger partial charge in [0.2, 0.25) is 23.6 Å². The second kappa shape index (κ2) is 21.0. The average molecular weight is 861 g/mol. The van der Waals surface area contributed by atoms with Crippen molar-refractivity contribution in [3.05, 3.63) is 59.7 Å². The first-order valence-corrected chi connectivity index (χ1v) is 21.8. The normalized spacial score (nSPS) is 23.3. The molecule has 62 heavy (non-hydrogen) atoms. The summed E-state index contributed by atoms with van der Waals surface area (Å²) in [7, 11) is -0.743. The third-order valence-corrected chi connectivity index (χ3v) is 12.9. The number of unbranched alkanes of at least 4 members (excludes halogenated alkanes) is 2. The molecule has 4 fully saturated rings. The Hall–Kier alpha value is -4.88. The Morgan fingerprint density at radius 3 is 2.10 bits per heavy atom. The van der Waals surface area contributed by atoms with Crippen LogP contribution < -0.4 is 43.8 Å². The molecule has 9 atom stereocenters. The molecular formula is C44H65BN8O9. The topological polar surface area (TPSA) is 279 Å². The predicted octanol–water partition coefficient (Wildman–Crippen LogP) is 0.934. The SMILES string of the molecule is CCCCc1ccc(-c2ccc(C(=O)N[C@@H](CCCCN)C(=O)N[C@H](C(=O)N[C@@H](N)C(=O)NC(CC(N)=O)C(=O)NCB3OC4C[C@@H]5C[C@@H](C5(C)C)[C@]4(C)O3)C(C)O)cc2)cc1. The number of carbonyl (C=O) groups excluding carboxylic acids is 6. The zero-order chi connectivity index (χ0) is 45.4.